The first-order valence-electron chi connectivity index (χ1n) is 4.53. The van der Waals surface area contributed by atoms with Crippen molar-refractivity contribution in [3.8, 4) is 0 Å². The standard InChI is InChI=1S/C9H5N3O4S2/c13-8(14)6-3-5(12(15)16)1-2-7(6)18-9-11-10-4-17-9/h1-4H,(H,13,14). The number of carboxylic acids is 1. The van der Waals surface area contributed by atoms with Crippen LogP contribution in [0, 0.1) is 10.1 Å². The number of aromatic nitrogens is 2. The lowest BCUT2D eigenvalue weighted by atomic mass is 10.2. The summed E-state index contributed by atoms with van der Waals surface area (Å²) in [6.07, 6.45) is 0. The Labute approximate surface area is 109 Å². The van der Waals surface area contributed by atoms with Crippen molar-refractivity contribution in [1.82, 2.24) is 10.2 Å². The van der Waals surface area contributed by atoms with Gasteiger partial charge in [-0.2, -0.15) is 0 Å². The Hall–Kier alpha value is -2.00. The Bertz CT molecular complexity index is 600. The van der Waals surface area contributed by atoms with Gasteiger partial charge in [0.2, 0.25) is 0 Å². The van der Waals surface area contributed by atoms with Gasteiger partial charge in [-0.15, -0.1) is 10.2 Å². The predicted molar refractivity (Wildman–Crippen MR) is 64.1 cm³/mol. The molecule has 0 fully saturated rings. The average molecular weight is 283 g/mol. The summed E-state index contributed by atoms with van der Waals surface area (Å²) < 4.78 is 0.575. The van der Waals surface area contributed by atoms with E-state index in [1.807, 2.05) is 0 Å². The number of carbonyl (C=O) groups is 1. The molecule has 92 valence electrons. The van der Waals surface area contributed by atoms with E-state index >= 15 is 0 Å². The Morgan fingerprint density at radius 2 is 2.28 bits per heavy atom. The van der Waals surface area contributed by atoms with Crippen molar-refractivity contribution in [2.75, 3.05) is 0 Å². The number of benzene rings is 1. The molecule has 0 bridgehead atoms. The van der Waals surface area contributed by atoms with Gasteiger partial charge in [0.1, 0.15) is 5.51 Å². The minimum absolute atomic E-state index is 0.121. The first-order valence-corrected chi connectivity index (χ1v) is 6.23. The highest BCUT2D eigenvalue weighted by atomic mass is 32.2. The number of hydrogen-bond donors (Lipinski definition) is 1. The van der Waals surface area contributed by atoms with Gasteiger partial charge < -0.3 is 5.11 Å². The normalized spacial score (nSPS) is 10.2. The minimum atomic E-state index is -1.22. The van der Waals surface area contributed by atoms with Crippen molar-refractivity contribution in [3.63, 3.8) is 0 Å². The highest BCUT2D eigenvalue weighted by Crippen LogP contribution is 2.33. The number of nitro benzene ring substituents is 1. The number of rotatable bonds is 4. The monoisotopic (exact) mass is 283 g/mol. The van der Waals surface area contributed by atoms with Crippen LogP contribution in [0.25, 0.3) is 0 Å². The van der Waals surface area contributed by atoms with Gasteiger partial charge in [-0.25, -0.2) is 4.79 Å². The fourth-order valence-electron chi connectivity index (χ4n) is 1.19. The van der Waals surface area contributed by atoms with Gasteiger partial charge in [-0.05, 0) is 6.07 Å². The topological polar surface area (TPSA) is 106 Å². The van der Waals surface area contributed by atoms with E-state index in [2.05, 4.69) is 10.2 Å². The van der Waals surface area contributed by atoms with Crippen LogP contribution in [0.2, 0.25) is 0 Å². The molecule has 0 saturated heterocycles. The van der Waals surface area contributed by atoms with Gasteiger partial charge in [-0.1, -0.05) is 23.1 Å². The van der Waals surface area contributed by atoms with Gasteiger partial charge in [0, 0.05) is 17.0 Å². The van der Waals surface area contributed by atoms with Gasteiger partial charge >= 0.3 is 5.97 Å². The molecule has 0 atom stereocenters. The third-order valence-corrected chi connectivity index (χ3v) is 3.80. The quantitative estimate of drug-likeness (QED) is 0.677. The molecule has 18 heavy (non-hydrogen) atoms. The fraction of sp³-hybridized carbons (Fsp3) is 0. The number of nitro groups is 1. The van der Waals surface area contributed by atoms with Crippen molar-refractivity contribution in [2.45, 2.75) is 9.24 Å². The molecule has 1 N–H and O–H groups in total. The van der Waals surface area contributed by atoms with Crippen LogP contribution in [0.15, 0.2) is 32.9 Å². The van der Waals surface area contributed by atoms with E-state index in [0.29, 0.717) is 9.24 Å². The number of hydrogen-bond acceptors (Lipinski definition) is 7. The Morgan fingerprint density at radius 1 is 1.50 bits per heavy atom. The van der Waals surface area contributed by atoms with Crippen molar-refractivity contribution in [2.24, 2.45) is 0 Å². The minimum Gasteiger partial charge on any atom is -0.478 e. The molecular formula is C9H5N3O4S2. The number of carboxylic acid groups (broad SMARTS) is 1. The highest BCUT2D eigenvalue weighted by Gasteiger charge is 2.17. The van der Waals surface area contributed by atoms with Crippen molar-refractivity contribution < 1.29 is 14.8 Å². The van der Waals surface area contributed by atoms with Crippen LogP contribution in [0.5, 0.6) is 0 Å². The molecule has 1 aromatic heterocycles. The molecular weight excluding hydrogens is 278 g/mol. The fourth-order valence-corrected chi connectivity index (χ4v) is 2.73. The Morgan fingerprint density at radius 3 is 2.83 bits per heavy atom. The molecule has 0 radical (unpaired) electrons. The van der Waals surface area contributed by atoms with Crippen LogP contribution in [0.3, 0.4) is 0 Å². The van der Waals surface area contributed by atoms with E-state index in [-0.39, 0.29) is 11.3 Å². The molecule has 0 aliphatic heterocycles. The van der Waals surface area contributed by atoms with E-state index < -0.39 is 10.9 Å². The zero-order chi connectivity index (χ0) is 13.1. The van der Waals surface area contributed by atoms with Crippen molar-refractivity contribution in [1.29, 1.82) is 0 Å². The summed E-state index contributed by atoms with van der Waals surface area (Å²) in [5.74, 6) is -1.22. The number of non-ortho nitro benzene ring substituents is 1. The Kier molecular flexibility index (Phi) is 3.53. The first-order chi connectivity index (χ1) is 8.58. The van der Waals surface area contributed by atoms with E-state index in [1.165, 1.54) is 29.0 Å². The number of nitrogens with zero attached hydrogens (tertiary/aromatic N) is 3. The van der Waals surface area contributed by atoms with Crippen LogP contribution in [-0.2, 0) is 0 Å². The average Bonchev–Trinajstić information content (AvgIpc) is 2.81. The van der Waals surface area contributed by atoms with E-state index in [1.54, 1.807) is 0 Å². The van der Waals surface area contributed by atoms with Crippen LogP contribution in [0.1, 0.15) is 10.4 Å². The molecule has 9 heteroatoms. The lowest BCUT2D eigenvalue weighted by Gasteiger charge is -2.02. The maximum Gasteiger partial charge on any atom is 0.337 e. The first kappa shape index (κ1) is 12.5. The molecule has 0 amide bonds. The molecule has 0 aliphatic rings. The molecule has 1 aromatic carbocycles. The second kappa shape index (κ2) is 5.10. The largest absolute Gasteiger partial charge is 0.478 e. The zero-order valence-corrected chi connectivity index (χ0v) is 10.3. The Balaban J connectivity index is 2.40. The molecule has 0 aliphatic carbocycles. The van der Waals surface area contributed by atoms with Gasteiger partial charge in [0.15, 0.2) is 4.34 Å². The summed E-state index contributed by atoms with van der Waals surface area (Å²) in [5, 5.41) is 27.0. The van der Waals surface area contributed by atoms with Gasteiger partial charge in [0.05, 0.1) is 10.5 Å². The summed E-state index contributed by atoms with van der Waals surface area (Å²) in [6, 6.07) is 3.69. The van der Waals surface area contributed by atoms with Crippen LogP contribution in [0.4, 0.5) is 5.69 Å². The smallest absolute Gasteiger partial charge is 0.337 e. The van der Waals surface area contributed by atoms with E-state index in [0.717, 1.165) is 17.8 Å². The predicted octanol–water partition coefficient (Wildman–Crippen LogP) is 2.30. The summed E-state index contributed by atoms with van der Waals surface area (Å²) >= 11 is 2.37. The molecule has 0 saturated carbocycles. The molecule has 0 unspecified atom stereocenters. The molecule has 1 heterocycles. The summed E-state index contributed by atoms with van der Waals surface area (Å²) in [6.45, 7) is 0. The maximum absolute atomic E-state index is 11.1. The third-order valence-electron chi connectivity index (χ3n) is 1.94. The molecule has 2 aromatic rings. The van der Waals surface area contributed by atoms with Crippen molar-refractivity contribution in [3.05, 3.63) is 39.4 Å². The molecule has 2 rings (SSSR count). The van der Waals surface area contributed by atoms with Crippen LogP contribution >= 0.6 is 23.1 Å². The summed E-state index contributed by atoms with van der Waals surface area (Å²) in [5.41, 5.74) is 1.15. The van der Waals surface area contributed by atoms with E-state index in [9.17, 15) is 14.9 Å². The second-order valence-electron chi connectivity index (χ2n) is 3.05. The van der Waals surface area contributed by atoms with Gasteiger partial charge in [0.25, 0.3) is 5.69 Å². The lowest BCUT2D eigenvalue weighted by molar-refractivity contribution is -0.384. The summed E-state index contributed by atoms with van der Waals surface area (Å²) in [4.78, 5) is 21.4. The van der Waals surface area contributed by atoms with E-state index in [4.69, 9.17) is 5.11 Å². The summed E-state index contributed by atoms with van der Waals surface area (Å²) in [7, 11) is 0. The van der Waals surface area contributed by atoms with Gasteiger partial charge in [-0.3, -0.25) is 10.1 Å². The third kappa shape index (κ3) is 2.63. The number of aromatic carboxylic acids is 1. The maximum atomic E-state index is 11.1. The highest BCUT2D eigenvalue weighted by molar-refractivity contribution is 8.01. The van der Waals surface area contributed by atoms with Crippen LogP contribution in [-0.4, -0.2) is 26.2 Å². The molecule has 0 spiro atoms. The lowest BCUT2D eigenvalue weighted by Crippen LogP contribution is -2.00. The zero-order valence-electron chi connectivity index (χ0n) is 8.64. The van der Waals surface area contributed by atoms with Crippen LogP contribution < -0.4 is 0 Å². The SMILES string of the molecule is O=C(O)c1cc([N+](=O)[O-])ccc1Sc1nncs1. The molecule has 7 nitrogen and oxygen atoms in total. The second-order valence-corrected chi connectivity index (χ2v) is 5.17. The van der Waals surface area contributed by atoms with Crippen molar-refractivity contribution >= 4 is 34.8 Å².